The second-order valence-corrected chi connectivity index (χ2v) is 6.86. The first-order chi connectivity index (χ1) is 11.2. The monoisotopic (exact) mass is 357 g/mol. The summed E-state index contributed by atoms with van der Waals surface area (Å²) in [4.78, 5) is 31.8. The summed E-state index contributed by atoms with van der Waals surface area (Å²) in [6.45, 7) is 6.41. The van der Waals surface area contributed by atoms with Crippen LogP contribution in [-0.4, -0.2) is 45.7 Å². The summed E-state index contributed by atoms with van der Waals surface area (Å²) < 4.78 is 5.23. The van der Waals surface area contributed by atoms with Gasteiger partial charge in [0.25, 0.3) is 0 Å². The molecule has 1 N–H and O–H groups in total. The number of nitrogens with one attached hydrogen (secondary N) is 1. The Kier molecular flexibility index (Phi) is 5.43. The minimum atomic E-state index is -0.581. The molecule has 2 rings (SSSR count). The SMILES string of the molecule is CC(C)(C)OC(=O)NC1CCN(c2ncnc(Cl)c2[N+](=O)[O-])CC1. The molecule has 1 aromatic heterocycles. The molecule has 0 radical (unpaired) electrons. The van der Waals surface area contributed by atoms with Crippen LogP contribution in [0.4, 0.5) is 16.3 Å². The summed E-state index contributed by atoms with van der Waals surface area (Å²) >= 11 is 5.81. The van der Waals surface area contributed by atoms with Gasteiger partial charge in [-0.05, 0) is 33.6 Å². The van der Waals surface area contributed by atoms with Crippen LogP contribution >= 0.6 is 11.6 Å². The maximum atomic E-state index is 11.8. The molecule has 0 spiro atoms. The molecule has 0 bridgehead atoms. The summed E-state index contributed by atoms with van der Waals surface area (Å²) in [7, 11) is 0. The highest BCUT2D eigenvalue weighted by atomic mass is 35.5. The topological polar surface area (TPSA) is 110 Å². The van der Waals surface area contributed by atoms with Crippen LogP contribution in [0.15, 0.2) is 6.33 Å². The lowest BCUT2D eigenvalue weighted by atomic mass is 10.1. The molecule has 2 heterocycles. The molecule has 9 nitrogen and oxygen atoms in total. The van der Waals surface area contributed by atoms with Crippen molar-refractivity contribution in [1.82, 2.24) is 15.3 Å². The fourth-order valence-corrected chi connectivity index (χ4v) is 2.64. The predicted octanol–water partition coefficient (Wildman–Crippen LogP) is 2.53. The third kappa shape index (κ3) is 4.67. The third-order valence-corrected chi connectivity index (χ3v) is 3.73. The van der Waals surface area contributed by atoms with Crippen molar-refractivity contribution >= 4 is 29.2 Å². The Hall–Kier alpha value is -2.16. The second-order valence-electron chi connectivity index (χ2n) is 6.50. The molecule has 1 aliphatic rings. The summed E-state index contributed by atoms with van der Waals surface area (Å²) in [5.74, 6) is 0.204. The molecule has 24 heavy (non-hydrogen) atoms. The standard InChI is InChI=1S/C14H20ClN5O4/c1-14(2,3)24-13(21)18-9-4-6-19(7-5-9)12-10(20(22)23)11(15)16-8-17-12/h8-9H,4-7H2,1-3H3,(H,18,21). The highest BCUT2D eigenvalue weighted by Crippen LogP contribution is 2.32. The molecule has 1 aromatic rings. The van der Waals surface area contributed by atoms with Crippen molar-refractivity contribution in [2.75, 3.05) is 18.0 Å². The molecule has 0 aliphatic carbocycles. The zero-order valence-electron chi connectivity index (χ0n) is 13.8. The number of carbonyl (C=O) groups is 1. The van der Waals surface area contributed by atoms with Gasteiger partial charge in [0.2, 0.25) is 11.0 Å². The van der Waals surface area contributed by atoms with Crippen molar-refractivity contribution < 1.29 is 14.5 Å². The highest BCUT2D eigenvalue weighted by molar-refractivity contribution is 6.31. The largest absolute Gasteiger partial charge is 0.444 e. The van der Waals surface area contributed by atoms with E-state index in [9.17, 15) is 14.9 Å². The molecule has 132 valence electrons. The average Bonchev–Trinajstić information content (AvgIpc) is 2.45. The van der Waals surface area contributed by atoms with E-state index < -0.39 is 16.6 Å². The number of nitrogens with zero attached hydrogens (tertiary/aromatic N) is 4. The van der Waals surface area contributed by atoms with Gasteiger partial charge in [-0.3, -0.25) is 10.1 Å². The molecule has 1 fully saturated rings. The van der Waals surface area contributed by atoms with E-state index in [0.717, 1.165) is 0 Å². The van der Waals surface area contributed by atoms with Crippen LogP contribution in [0, 0.1) is 10.1 Å². The molecule has 0 aromatic carbocycles. The molecule has 1 saturated heterocycles. The smallest absolute Gasteiger partial charge is 0.407 e. The third-order valence-electron chi connectivity index (χ3n) is 3.46. The number of ether oxygens (including phenoxy) is 1. The van der Waals surface area contributed by atoms with Gasteiger partial charge < -0.3 is 15.0 Å². The number of nitro groups is 1. The van der Waals surface area contributed by atoms with Gasteiger partial charge in [-0.25, -0.2) is 14.8 Å². The first-order valence-corrected chi connectivity index (χ1v) is 7.94. The zero-order valence-corrected chi connectivity index (χ0v) is 14.5. The number of carbonyl (C=O) groups excluding carboxylic acids is 1. The Bertz CT molecular complexity index is 626. The quantitative estimate of drug-likeness (QED) is 0.502. The number of aromatic nitrogens is 2. The minimum absolute atomic E-state index is 0.0486. The summed E-state index contributed by atoms with van der Waals surface area (Å²) in [6, 6.07) is -0.0486. The summed E-state index contributed by atoms with van der Waals surface area (Å²) in [6.07, 6.45) is 1.99. The zero-order chi connectivity index (χ0) is 17.9. The first kappa shape index (κ1) is 18.2. The van der Waals surface area contributed by atoms with Gasteiger partial charge in [-0.15, -0.1) is 0 Å². The fraction of sp³-hybridized carbons (Fsp3) is 0.643. The Morgan fingerprint density at radius 1 is 1.42 bits per heavy atom. The summed E-state index contributed by atoms with van der Waals surface area (Å²) in [5, 5.41) is 13.8. The van der Waals surface area contributed by atoms with Crippen molar-refractivity contribution in [3.8, 4) is 0 Å². The molecule has 1 aliphatic heterocycles. The van der Waals surface area contributed by atoms with Gasteiger partial charge in [0, 0.05) is 19.1 Å². The Balaban J connectivity index is 1.98. The molecule has 10 heteroatoms. The van der Waals surface area contributed by atoms with E-state index in [0.29, 0.717) is 25.9 Å². The van der Waals surface area contributed by atoms with E-state index >= 15 is 0 Å². The number of halogens is 1. The lowest BCUT2D eigenvalue weighted by molar-refractivity contribution is -0.384. The number of amides is 1. The van der Waals surface area contributed by atoms with Gasteiger partial charge in [0.05, 0.1) is 4.92 Å². The maximum absolute atomic E-state index is 11.8. The van der Waals surface area contributed by atoms with Gasteiger partial charge in [-0.1, -0.05) is 11.6 Å². The Morgan fingerprint density at radius 2 is 2.04 bits per heavy atom. The normalized spacial score (nSPS) is 15.9. The number of piperidine rings is 1. The average molecular weight is 358 g/mol. The highest BCUT2D eigenvalue weighted by Gasteiger charge is 2.30. The number of hydrogen-bond donors (Lipinski definition) is 1. The van der Waals surface area contributed by atoms with Gasteiger partial charge in [-0.2, -0.15) is 0 Å². The van der Waals surface area contributed by atoms with Gasteiger partial charge in [0.15, 0.2) is 0 Å². The molecule has 1 amide bonds. The Morgan fingerprint density at radius 3 is 2.58 bits per heavy atom. The Labute approximate surface area is 144 Å². The van der Waals surface area contributed by atoms with Crippen LogP contribution in [0.1, 0.15) is 33.6 Å². The van der Waals surface area contributed by atoms with Crippen LogP contribution in [0.5, 0.6) is 0 Å². The molecular weight excluding hydrogens is 338 g/mol. The summed E-state index contributed by atoms with van der Waals surface area (Å²) in [5.41, 5.74) is -0.846. The van der Waals surface area contributed by atoms with Crippen molar-refractivity contribution in [3.63, 3.8) is 0 Å². The van der Waals surface area contributed by atoms with Crippen molar-refractivity contribution in [2.24, 2.45) is 0 Å². The first-order valence-electron chi connectivity index (χ1n) is 7.56. The van der Waals surface area contributed by atoms with Crippen molar-refractivity contribution in [1.29, 1.82) is 0 Å². The van der Waals surface area contributed by atoms with Gasteiger partial charge in [0.1, 0.15) is 11.9 Å². The van der Waals surface area contributed by atoms with E-state index in [1.165, 1.54) is 6.33 Å². The van der Waals surface area contributed by atoms with Crippen LogP contribution < -0.4 is 10.2 Å². The van der Waals surface area contributed by atoms with Crippen LogP contribution in [-0.2, 0) is 4.74 Å². The van der Waals surface area contributed by atoms with E-state index in [4.69, 9.17) is 16.3 Å². The molecule has 0 unspecified atom stereocenters. The lowest BCUT2D eigenvalue weighted by Crippen LogP contribution is -2.46. The molecule has 0 saturated carbocycles. The predicted molar refractivity (Wildman–Crippen MR) is 88.3 cm³/mol. The van der Waals surface area contributed by atoms with E-state index in [1.54, 1.807) is 25.7 Å². The van der Waals surface area contributed by atoms with Crippen molar-refractivity contribution in [3.05, 3.63) is 21.6 Å². The number of hydrogen-bond acceptors (Lipinski definition) is 7. The van der Waals surface area contributed by atoms with E-state index in [-0.39, 0.29) is 22.7 Å². The lowest BCUT2D eigenvalue weighted by Gasteiger charge is -2.33. The molecule has 0 atom stereocenters. The van der Waals surface area contributed by atoms with Crippen LogP contribution in [0.2, 0.25) is 5.15 Å². The fourth-order valence-electron chi connectivity index (χ4n) is 2.45. The van der Waals surface area contributed by atoms with Crippen LogP contribution in [0.25, 0.3) is 0 Å². The number of alkyl carbamates (subject to hydrolysis) is 1. The maximum Gasteiger partial charge on any atom is 0.407 e. The van der Waals surface area contributed by atoms with Crippen LogP contribution in [0.3, 0.4) is 0 Å². The van der Waals surface area contributed by atoms with Crippen molar-refractivity contribution in [2.45, 2.75) is 45.3 Å². The number of rotatable bonds is 3. The second kappa shape index (κ2) is 7.16. The molecular formula is C14H20ClN5O4. The minimum Gasteiger partial charge on any atom is -0.444 e. The van der Waals surface area contributed by atoms with E-state index in [2.05, 4.69) is 15.3 Å². The number of anilines is 1. The van der Waals surface area contributed by atoms with E-state index in [1.807, 2.05) is 0 Å². The van der Waals surface area contributed by atoms with Gasteiger partial charge >= 0.3 is 11.8 Å².